The average molecular weight is 395 g/mol. The fraction of sp³-hybridized carbons (Fsp3) is 0.412. The van der Waals surface area contributed by atoms with Gasteiger partial charge in [-0.3, -0.25) is 19.3 Å². The van der Waals surface area contributed by atoms with E-state index in [1.807, 2.05) is 0 Å². The van der Waals surface area contributed by atoms with Gasteiger partial charge in [0.1, 0.15) is 0 Å². The number of anilines is 1. The number of benzene rings is 1. The van der Waals surface area contributed by atoms with E-state index in [0.717, 1.165) is 16.7 Å². The molecule has 1 saturated heterocycles. The predicted molar refractivity (Wildman–Crippen MR) is 99.5 cm³/mol. The van der Waals surface area contributed by atoms with Crippen LogP contribution >= 0.6 is 11.8 Å². The van der Waals surface area contributed by atoms with E-state index < -0.39 is 18.0 Å². The Morgan fingerprint density at radius 3 is 2.70 bits per heavy atom. The van der Waals surface area contributed by atoms with Crippen molar-refractivity contribution in [1.82, 2.24) is 10.2 Å². The van der Waals surface area contributed by atoms with Gasteiger partial charge < -0.3 is 20.5 Å². The zero-order chi connectivity index (χ0) is 19.8. The summed E-state index contributed by atoms with van der Waals surface area (Å²) in [7, 11) is 0. The number of nitrogens with zero attached hydrogens (tertiary/aromatic N) is 1. The molecular formula is C17H21N3O6S. The molecule has 0 spiro atoms. The molecule has 1 aliphatic rings. The van der Waals surface area contributed by atoms with Gasteiger partial charge in [-0.2, -0.15) is 0 Å². The van der Waals surface area contributed by atoms with Crippen molar-refractivity contribution in [3.8, 4) is 0 Å². The Morgan fingerprint density at radius 2 is 2.04 bits per heavy atom. The van der Waals surface area contributed by atoms with Crippen molar-refractivity contribution >= 4 is 40.5 Å². The summed E-state index contributed by atoms with van der Waals surface area (Å²) in [6.07, 6.45) is -1.05. The van der Waals surface area contributed by atoms with Crippen LogP contribution < -0.4 is 10.6 Å². The second kappa shape index (κ2) is 9.93. The number of para-hydroxylation sites is 1. The van der Waals surface area contributed by atoms with Crippen LogP contribution in [-0.4, -0.2) is 71.1 Å². The van der Waals surface area contributed by atoms with Crippen LogP contribution in [0, 0.1) is 0 Å². The summed E-state index contributed by atoms with van der Waals surface area (Å²) in [5.41, 5.74) is 0.739. The topological polar surface area (TPSA) is 125 Å². The van der Waals surface area contributed by atoms with Crippen molar-refractivity contribution < 1.29 is 29.0 Å². The van der Waals surface area contributed by atoms with Crippen LogP contribution in [0.4, 0.5) is 10.5 Å². The fourth-order valence-electron chi connectivity index (χ4n) is 2.32. The summed E-state index contributed by atoms with van der Waals surface area (Å²) in [6.45, 7) is 1.76. The molecule has 1 aliphatic heterocycles. The van der Waals surface area contributed by atoms with Gasteiger partial charge in [-0.15, -0.1) is 0 Å². The van der Waals surface area contributed by atoms with Crippen LogP contribution in [0.15, 0.2) is 24.3 Å². The largest absolute Gasteiger partial charge is 0.449 e. The molecule has 0 unspecified atom stereocenters. The van der Waals surface area contributed by atoms with Crippen LogP contribution in [0.3, 0.4) is 0 Å². The maximum Gasteiger partial charge on any atom is 0.341 e. The Labute approximate surface area is 160 Å². The van der Waals surface area contributed by atoms with Crippen LogP contribution in [0.25, 0.3) is 0 Å². The lowest BCUT2D eigenvalue weighted by Gasteiger charge is -2.17. The van der Waals surface area contributed by atoms with Gasteiger partial charge in [0, 0.05) is 25.3 Å². The van der Waals surface area contributed by atoms with Gasteiger partial charge in [0.25, 0.3) is 11.1 Å². The highest BCUT2D eigenvalue weighted by atomic mass is 32.2. The molecule has 10 heteroatoms. The zero-order valence-corrected chi connectivity index (χ0v) is 15.6. The molecule has 1 heterocycles. The molecule has 3 amide bonds. The van der Waals surface area contributed by atoms with Gasteiger partial charge >= 0.3 is 5.97 Å². The number of amides is 3. The van der Waals surface area contributed by atoms with E-state index in [1.165, 1.54) is 6.92 Å². The highest BCUT2D eigenvalue weighted by Crippen LogP contribution is 2.18. The monoisotopic (exact) mass is 395 g/mol. The average Bonchev–Trinajstić information content (AvgIpc) is 2.98. The van der Waals surface area contributed by atoms with Gasteiger partial charge in [0.05, 0.1) is 17.9 Å². The number of rotatable bonds is 9. The number of carbonyl (C=O) groups excluding carboxylic acids is 4. The first-order valence-corrected chi connectivity index (χ1v) is 9.32. The van der Waals surface area contributed by atoms with Crippen LogP contribution in [0.1, 0.15) is 17.3 Å². The standard InChI is InChI=1S/C17H21N3O6S/c1-11(15(23)19-6-8-20-14(22)10-27-17(20)25)26-16(24)12-4-2-3-5-13(12)18-7-9-21/h2-5,11,18,21H,6-10H2,1H3,(H,19,23)/t11-/m0/s1. The molecule has 0 aliphatic carbocycles. The molecule has 0 radical (unpaired) electrons. The van der Waals surface area contributed by atoms with Gasteiger partial charge in [-0.1, -0.05) is 23.9 Å². The van der Waals surface area contributed by atoms with E-state index in [0.29, 0.717) is 5.69 Å². The first-order valence-electron chi connectivity index (χ1n) is 8.33. The minimum atomic E-state index is -1.05. The zero-order valence-electron chi connectivity index (χ0n) is 14.8. The number of ether oxygens (including phenoxy) is 1. The first-order chi connectivity index (χ1) is 12.9. The number of aliphatic hydroxyl groups excluding tert-OH is 1. The van der Waals surface area contributed by atoms with Gasteiger partial charge in [-0.05, 0) is 19.1 Å². The number of hydrogen-bond acceptors (Lipinski definition) is 8. The second-order valence-electron chi connectivity index (χ2n) is 5.63. The van der Waals surface area contributed by atoms with Crippen LogP contribution in [-0.2, 0) is 14.3 Å². The molecule has 146 valence electrons. The van der Waals surface area contributed by atoms with E-state index in [-0.39, 0.29) is 48.7 Å². The summed E-state index contributed by atoms with van der Waals surface area (Å²) in [5, 5.41) is 14.0. The Kier molecular flexibility index (Phi) is 7.62. The van der Waals surface area contributed by atoms with E-state index in [2.05, 4.69) is 10.6 Å². The van der Waals surface area contributed by atoms with Crippen molar-refractivity contribution in [1.29, 1.82) is 0 Å². The minimum absolute atomic E-state index is 0.0744. The molecule has 3 N–H and O–H groups in total. The smallest absolute Gasteiger partial charge is 0.341 e. The summed E-state index contributed by atoms with van der Waals surface area (Å²) in [4.78, 5) is 48.4. The quantitative estimate of drug-likeness (QED) is 0.515. The van der Waals surface area contributed by atoms with E-state index in [4.69, 9.17) is 9.84 Å². The van der Waals surface area contributed by atoms with E-state index in [1.54, 1.807) is 24.3 Å². The number of thioether (sulfide) groups is 1. The number of imide groups is 1. The van der Waals surface area contributed by atoms with Crippen molar-refractivity contribution in [3.05, 3.63) is 29.8 Å². The first kappa shape index (κ1) is 20.7. The number of hydrogen-bond donors (Lipinski definition) is 3. The molecule has 1 aromatic rings. The Morgan fingerprint density at radius 1 is 1.30 bits per heavy atom. The third-order valence-electron chi connectivity index (χ3n) is 3.70. The van der Waals surface area contributed by atoms with Crippen molar-refractivity contribution in [2.75, 3.05) is 37.3 Å². The number of aliphatic hydroxyl groups is 1. The van der Waals surface area contributed by atoms with Crippen molar-refractivity contribution in [2.45, 2.75) is 13.0 Å². The Bertz CT molecular complexity index is 710. The molecule has 0 saturated carbocycles. The number of carbonyl (C=O) groups is 4. The highest BCUT2D eigenvalue weighted by molar-refractivity contribution is 8.14. The predicted octanol–water partition coefficient (Wildman–Crippen LogP) is 0.448. The molecule has 2 rings (SSSR count). The molecule has 1 atom stereocenters. The van der Waals surface area contributed by atoms with Gasteiger partial charge in [0.15, 0.2) is 6.10 Å². The van der Waals surface area contributed by atoms with Gasteiger partial charge in [0.2, 0.25) is 5.91 Å². The minimum Gasteiger partial charge on any atom is -0.449 e. The summed E-state index contributed by atoms with van der Waals surface area (Å²) in [5.74, 6) is -1.38. The van der Waals surface area contributed by atoms with Crippen molar-refractivity contribution in [3.63, 3.8) is 0 Å². The molecule has 1 fully saturated rings. The normalized spacial score (nSPS) is 14.8. The maximum absolute atomic E-state index is 12.3. The molecule has 0 bridgehead atoms. The summed E-state index contributed by atoms with van der Waals surface area (Å²) >= 11 is 0.925. The van der Waals surface area contributed by atoms with E-state index >= 15 is 0 Å². The van der Waals surface area contributed by atoms with Crippen LogP contribution in [0.5, 0.6) is 0 Å². The lowest BCUT2D eigenvalue weighted by molar-refractivity contribution is -0.130. The fourth-order valence-corrected chi connectivity index (χ4v) is 3.07. The molecular weight excluding hydrogens is 374 g/mol. The van der Waals surface area contributed by atoms with Crippen molar-refractivity contribution in [2.24, 2.45) is 0 Å². The maximum atomic E-state index is 12.3. The van der Waals surface area contributed by atoms with E-state index in [9.17, 15) is 19.2 Å². The SMILES string of the molecule is C[C@H](OC(=O)c1ccccc1NCCO)C(=O)NCCN1C(=O)CSC1=O. The molecule has 0 aromatic heterocycles. The highest BCUT2D eigenvalue weighted by Gasteiger charge is 2.29. The Hall–Kier alpha value is -2.59. The molecule has 1 aromatic carbocycles. The third kappa shape index (κ3) is 5.69. The van der Waals surface area contributed by atoms with Crippen LogP contribution in [0.2, 0.25) is 0 Å². The lowest BCUT2D eigenvalue weighted by Crippen LogP contribution is -2.41. The molecule has 27 heavy (non-hydrogen) atoms. The summed E-state index contributed by atoms with van der Waals surface area (Å²) < 4.78 is 5.18. The Balaban J connectivity index is 1.84. The van der Waals surface area contributed by atoms with Gasteiger partial charge in [-0.25, -0.2) is 4.79 Å². The number of esters is 1. The third-order valence-corrected chi connectivity index (χ3v) is 4.56. The second-order valence-corrected chi connectivity index (χ2v) is 6.56. The summed E-state index contributed by atoms with van der Waals surface area (Å²) in [6, 6.07) is 6.60. The number of nitrogens with one attached hydrogen (secondary N) is 2. The molecule has 9 nitrogen and oxygen atoms in total. The lowest BCUT2D eigenvalue weighted by atomic mass is 10.1.